The SMILES string of the molecule is C[C@H]1C(=O)Nc2ccc(S(=O)(=O)NCC(c3ccccc3)c3ccccc3)cc21. The molecule has 5 nitrogen and oxygen atoms in total. The van der Waals surface area contributed by atoms with Gasteiger partial charge in [0.15, 0.2) is 0 Å². The number of rotatable bonds is 6. The minimum atomic E-state index is -3.72. The number of hydrogen-bond donors (Lipinski definition) is 2. The fourth-order valence-corrected chi connectivity index (χ4v) is 4.72. The lowest BCUT2D eigenvalue weighted by molar-refractivity contribution is -0.116. The van der Waals surface area contributed by atoms with Crippen molar-refractivity contribution in [3.8, 4) is 0 Å². The zero-order chi connectivity index (χ0) is 20.4. The number of fused-ring (bicyclic) bond motifs is 1. The van der Waals surface area contributed by atoms with Crippen LogP contribution in [0.4, 0.5) is 5.69 Å². The van der Waals surface area contributed by atoms with Gasteiger partial charge in [-0.05, 0) is 41.8 Å². The minimum Gasteiger partial charge on any atom is -0.325 e. The Balaban J connectivity index is 1.60. The number of sulfonamides is 1. The second kappa shape index (κ2) is 7.81. The Bertz CT molecular complexity index is 1090. The molecule has 4 rings (SSSR count). The van der Waals surface area contributed by atoms with Crippen LogP contribution in [0, 0.1) is 0 Å². The molecule has 1 aliphatic rings. The van der Waals surface area contributed by atoms with E-state index in [1.807, 2.05) is 60.7 Å². The maximum Gasteiger partial charge on any atom is 0.240 e. The Morgan fingerprint density at radius 2 is 1.52 bits per heavy atom. The van der Waals surface area contributed by atoms with E-state index in [1.165, 1.54) is 6.07 Å². The first-order valence-corrected chi connectivity index (χ1v) is 11.0. The van der Waals surface area contributed by atoms with Crippen molar-refractivity contribution in [1.29, 1.82) is 0 Å². The Kier molecular flexibility index (Phi) is 5.22. The standard InChI is InChI=1S/C23H22N2O3S/c1-16-20-14-19(12-13-22(20)25-23(16)26)29(27,28)24-15-21(17-8-4-2-5-9-17)18-10-6-3-7-11-18/h2-14,16,21,24H,15H2,1H3,(H,25,26)/t16-/m1/s1. The predicted molar refractivity (Wildman–Crippen MR) is 113 cm³/mol. The van der Waals surface area contributed by atoms with Gasteiger partial charge in [-0.15, -0.1) is 0 Å². The molecule has 148 valence electrons. The Labute approximate surface area is 170 Å². The van der Waals surface area contributed by atoms with Crippen molar-refractivity contribution in [2.45, 2.75) is 23.7 Å². The second-order valence-corrected chi connectivity index (χ2v) is 8.95. The van der Waals surface area contributed by atoms with Crippen molar-refractivity contribution >= 4 is 21.6 Å². The van der Waals surface area contributed by atoms with Crippen molar-refractivity contribution < 1.29 is 13.2 Å². The Morgan fingerprint density at radius 1 is 0.931 bits per heavy atom. The molecule has 0 unspecified atom stereocenters. The smallest absolute Gasteiger partial charge is 0.240 e. The van der Waals surface area contributed by atoms with Crippen molar-refractivity contribution in [1.82, 2.24) is 4.72 Å². The van der Waals surface area contributed by atoms with Crippen LogP contribution in [-0.2, 0) is 14.8 Å². The van der Waals surface area contributed by atoms with E-state index >= 15 is 0 Å². The summed E-state index contributed by atoms with van der Waals surface area (Å²) in [5.41, 5.74) is 3.46. The van der Waals surface area contributed by atoms with Gasteiger partial charge in [-0.2, -0.15) is 0 Å². The normalized spacial score (nSPS) is 15.9. The van der Waals surface area contributed by atoms with E-state index in [2.05, 4.69) is 10.0 Å². The van der Waals surface area contributed by atoms with Gasteiger partial charge in [-0.25, -0.2) is 13.1 Å². The van der Waals surface area contributed by atoms with Crippen LogP contribution in [0.1, 0.15) is 35.4 Å². The number of amides is 1. The lowest BCUT2D eigenvalue weighted by atomic mass is 9.92. The van der Waals surface area contributed by atoms with Gasteiger partial charge < -0.3 is 5.32 Å². The van der Waals surface area contributed by atoms with Gasteiger partial charge in [0.1, 0.15) is 0 Å². The summed E-state index contributed by atoms with van der Waals surface area (Å²) < 4.78 is 28.7. The van der Waals surface area contributed by atoms with Gasteiger partial charge in [0.05, 0.1) is 10.8 Å². The number of carbonyl (C=O) groups is 1. The van der Waals surface area contributed by atoms with Gasteiger partial charge >= 0.3 is 0 Å². The first-order valence-electron chi connectivity index (χ1n) is 9.50. The summed E-state index contributed by atoms with van der Waals surface area (Å²) in [6, 6.07) is 24.4. The molecule has 2 N–H and O–H groups in total. The van der Waals surface area contributed by atoms with Gasteiger partial charge in [0, 0.05) is 18.2 Å². The quantitative estimate of drug-likeness (QED) is 0.653. The summed E-state index contributed by atoms with van der Waals surface area (Å²) in [7, 11) is -3.72. The van der Waals surface area contributed by atoms with Crippen LogP contribution in [0.2, 0.25) is 0 Å². The van der Waals surface area contributed by atoms with Crippen LogP contribution in [0.3, 0.4) is 0 Å². The maximum absolute atomic E-state index is 13.0. The Hall–Kier alpha value is -2.96. The summed E-state index contributed by atoms with van der Waals surface area (Å²) in [6.07, 6.45) is 0. The van der Waals surface area contributed by atoms with Crippen LogP contribution in [0.5, 0.6) is 0 Å². The number of anilines is 1. The predicted octanol–water partition coefficient (Wildman–Crippen LogP) is 3.85. The summed E-state index contributed by atoms with van der Waals surface area (Å²) in [6.45, 7) is 2.01. The van der Waals surface area contributed by atoms with Crippen LogP contribution in [0.15, 0.2) is 83.8 Å². The number of nitrogens with one attached hydrogen (secondary N) is 2. The molecule has 29 heavy (non-hydrogen) atoms. The van der Waals surface area contributed by atoms with Crippen molar-refractivity contribution in [3.05, 3.63) is 95.6 Å². The van der Waals surface area contributed by atoms with Crippen molar-refractivity contribution in [2.24, 2.45) is 0 Å². The number of carbonyl (C=O) groups excluding carboxylic acids is 1. The van der Waals surface area contributed by atoms with Gasteiger partial charge in [0.2, 0.25) is 15.9 Å². The van der Waals surface area contributed by atoms with Crippen LogP contribution >= 0.6 is 0 Å². The highest BCUT2D eigenvalue weighted by Gasteiger charge is 2.28. The minimum absolute atomic E-state index is 0.108. The van der Waals surface area contributed by atoms with Gasteiger partial charge in [-0.1, -0.05) is 60.7 Å². The highest BCUT2D eigenvalue weighted by Crippen LogP contribution is 2.34. The molecule has 1 amide bonds. The highest BCUT2D eigenvalue weighted by molar-refractivity contribution is 7.89. The molecule has 0 radical (unpaired) electrons. The highest BCUT2D eigenvalue weighted by atomic mass is 32.2. The molecule has 0 saturated heterocycles. The molecule has 6 heteroatoms. The van der Waals surface area contributed by atoms with E-state index < -0.39 is 10.0 Å². The molecular weight excluding hydrogens is 384 g/mol. The molecular formula is C23H22N2O3S. The fraction of sp³-hybridized carbons (Fsp3) is 0.174. The second-order valence-electron chi connectivity index (χ2n) is 7.19. The van der Waals surface area contributed by atoms with Crippen LogP contribution in [0.25, 0.3) is 0 Å². The van der Waals surface area contributed by atoms with Crippen LogP contribution < -0.4 is 10.0 Å². The molecule has 1 atom stereocenters. The molecule has 3 aromatic rings. The molecule has 0 bridgehead atoms. The molecule has 0 saturated carbocycles. The summed E-state index contributed by atoms with van der Waals surface area (Å²) in [4.78, 5) is 12.0. The Morgan fingerprint density at radius 3 is 2.10 bits per heavy atom. The summed E-state index contributed by atoms with van der Waals surface area (Å²) >= 11 is 0. The molecule has 3 aromatic carbocycles. The van der Waals surface area contributed by atoms with Crippen LogP contribution in [-0.4, -0.2) is 20.9 Å². The molecule has 0 spiro atoms. The van der Waals surface area contributed by atoms with E-state index in [0.29, 0.717) is 11.3 Å². The molecule has 1 heterocycles. The molecule has 0 aliphatic carbocycles. The first kappa shape index (κ1) is 19.4. The summed E-state index contributed by atoms with van der Waals surface area (Å²) in [5.74, 6) is -0.582. The van der Waals surface area contributed by atoms with E-state index in [9.17, 15) is 13.2 Å². The van der Waals surface area contributed by atoms with E-state index in [4.69, 9.17) is 0 Å². The monoisotopic (exact) mass is 406 g/mol. The first-order chi connectivity index (χ1) is 14.0. The van der Waals surface area contributed by atoms with E-state index in [1.54, 1.807) is 19.1 Å². The van der Waals surface area contributed by atoms with E-state index in [-0.39, 0.29) is 29.2 Å². The fourth-order valence-electron chi connectivity index (χ4n) is 3.64. The van der Waals surface area contributed by atoms with Gasteiger partial charge in [0.25, 0.3) is 0 Å². The number of benzene rings is 3. The van der Waals surface area contributed by atoms with Gasteiger partial charge in [-0.3, -0.25) is 4.79 Å². The molecule has 0 aromatic heterocycles. The molecule has 1 aliphatic heterocycles. The largest absolute Gasteiger partial charge is 0.325 e. The zero-order valence-electron chi connectivity index (χ0n) is 16.0. The lowest BCUT2D eigenvalue weighted by Gasteiger charge is -2.19. The average Bonchev–Trinajstić information content (AvgIpc) is 3.03. The molecule has 0 fully saturated rings. The topological polar surface area (TPSA) is 75.3 Å². The van der Waals surface area contributed by atoms with Crippen molar-refractivity contribution in [2.75, 3.05) is 11.9 Å². The maximum atomic E-state index is 13.0. The third-order valence-electron chi connectivity index (χ3n) is 5.33. The number of hydrogen-bond acceptors (Lipinski definition) is 3. The van der Waals surface area contributed by atoms with E-state index in [0.717, 1.165) is 11.1 Å². The summed E-state index contributed by atoms with van der Waals surface area (Å²) in [5, 5.41) is 2.76. The van der Waals surface area contributed by atoms with Crippen molar-refractivity contribution in [3.63, 3.8) is 0 Å². The third-order valence-corrected chi connectivity index (χ3v) is 6.75. The average molecular weight is 407 g/mol. The third kappa shape index (κ3) is 3.95. The lowest BCUT2D eigenvalue weighted by Crippen LogP contribution is -2.29. The zero-order valence-corrected chi connectivity index (χ0v) is 16.8.